The number of nitrogens with two attached hydrogens (primary N) is 1. The van der Waals surface area contributed by atoms with Crippen molar-refractivity contribution in [2.45, 2.75) is 19.8 Å². The average Bonchev–Trinajstić information content (AvgIpc) is 2.60. The topological polar surface area (TPSA) is 104 Å². The number of aromatic amines is 1. The quantitative estimate of drug-likeness (QED) is 0.501. The molecule has 0 radical (unpaired) electrons. The normalized spacial score (nSPS) is 10.3. The van der Waals surface area contributed by atoms with Crippen molar-refractivity contribution in [1.82, 2.24) is 15.5 Å². The second-order valence-electron chi connectivity index (χ2n) is 3.15. The molecule has 15 heavy (non-hydrogen) atoms. The molecule has 0 atom stereocenters. The first-order chi connectivity index (χ1) is 7.20. The van der Waals surface area contributed by atoms with E-state index in [-0.39, 0.29) is 18.2 Å². The van der Waals surface area contributed by atoms with Crippen molar-refractivity contribution in [3.63, 3.8) is 0 Å². The summed E-state index contributed by atoms with van der Waals surface area (Å²) in [4.78, 5) is 11.5. The minimum absolute atomic E-state index is 0.0521. The third-order valence-electron chi connectivity index (χ3n) is 2.07. The molecule has 1 heterocycles. The molecule has 1 amide bonds. The number of rotatable bonds is 5. The molecule has 1 aromatic heterocycles. The predicted octanol–water partition coefficient (Wildman–Crippen LogP) is -0.333. The van der Waals surface area contributed by atoms with Crippen LogP contribution in [0.2, 0.25) is 0 Å². The van der Waals surface area contributed by atoms with E-state index in [1.165, 1.54) is 0 Å². The third kappa shape index (κ3) is 2.69. The molecule has 0 fully saturated rings. The molecule has 6 heteroatoms. The highest BCUT2D eigenvalue weighted by molar-refractivity contribution is 5.97. The molecule has 0 bridgehead atoms. The molecule has 0 aliphatic heterocycles. The Balaban J connectivity index is 2.61. The second kappa shape index (κ2) is 5.35. The summed E-state index contributed by atoms with van der Waals surface area (Å²) in [6, 6.07) is 0. The predicted molar refractivity (Wildman–Crippen MR) is 56.4 cm³/mol. The van der Waals surface area contributed by atoms with Crippen molar-refractivity contribution in [2.24, 2.45) is 0 Å². The van der Waals surface area contributed by atoms with Gasteiger partial charge in [0.25, 0.3) is 5.91 Å². The lowest BCUT2D eigenvalue weighted by Crippen LogP contribution is -2.26. The van der Waals surface area contributed by atoms with Gasteiger partial charge in [-0.25, -0.2) is 0 Å². The van der Waals surface area contributed by atoms with Gasteiger partial charge < -0.3 is 16.2 Å². The van der Waals surface area contributed by atoms with Gasteiger partial charge in [0.2, 0.25) is 0 Å². The smallest absolute Gasteiger partial charge is 0.273 e. The lowest BCUT2D eigenvalue weighted by Gasteiger charge is -2.01. The Hall–Kier alpha value is -1.56. The summed E-state index contributed by atoms with van der Waals surface area (Å²) in [6.45, 7) is 2.40. The molecule has 0 aliphatic rings. The number of H-pyrrole nitrogens is 1. The maximum absolute atomic E-state index is 11.5. The number of aromatic nitrogens is 2. The van der Waals surface area contributed by atoms with E-state index in [4.69, 9.17) is 10.8 Å². The average molecular weight is 212 g/mol. The highest BCUT2D eigenvalue weighted by atomic mass is 16.3. The van der Waals surface area contributed by atoms with Crippen molar-refractivity contribution < 1.29 is 9.90 Å². The maximum Gasteiger partial charge on any atom is 0.273 e. The summed E-state index contributed by atoms with van der Waals surface area (Å²) < 4.78 is 0. The molecule has 0 saturated heterocycles. The van der Waals surface area contributed by atoms with E-state index >= 15 is 0 Å². The highest BCUT2D eigenvalue weighted by Crippen LogP contribution is 2.13. The van der Waals surface area contributed by atoms with E-state index in [0.717, 1.165) is 5.69 Å². The first kappa shape index (κ1) is 11.5. The molecular formula is C9H16N4O2. The van der Waals surface area contributed by atoms with Crippen LogP contribution in [0.3, 0.4) is 0 Å². The molecule has 0 unspecified atom stereocenters. The van der Waals surface area contributed by atoms with Crippen LogP contribution in [-0.2, 0) is 6.42 Å². The van der Waals surface area contributed by atoms with Gasteiger partial charge in [-0.2, -0.15) is 5.10 Å². The summed E-state index contributed by atoms with van der Waals surface area (Å²) >= 11 is 0. The van der Waals surface area contributed by atoms with Crippen LogP contribution < -0.4 is 11.1 Å². The number of carbonyl (C=O) groups is 1. The first-order valence-corrected chi connectivity index (χ1v) is 4.92. The van der Waals surface area contributed by atoms with Gasteiger partial charge in [0.15, 0.2) is 5.69 Å². The van der Waals surface area contributed by atoms with Gasteiger partial charge >= 0.3 is 0 Å². The van der Waals surface area contributed by atoms with Gasteiger partial charge in [-0.15, -0.1) is 0 Å². The van der Waals surface area contributed by atoms with Crippen LogP contribution >= 0.6 is 0 Å². The van der Waals surface area contributed by atoms with Gasteiger partial charge in [0.05, 0.1) is 11.4 Å². The standard InChI is InChI=1S/C9H16N4O2/c1-2-6-7(10)8(13-12-6)9(15)11-4-3-5-14/h14H,2-5,10H2,1H3,(H,11,15)(H,12,13). The molecule has 0 spiro atoms. The number of carbonyl (C=O) groups excluding carboxylic acids is 1. The SMILES string of the molecule is CCc1[nH]nc(C(=O)NCCCO)c1N. The van der Waals surface area contributed by atoms with Crippen molar-refractivity contribution in [1.29, 1.82) is 0 Å². The monoisotopic (exact) mass is 212 g/mol. The number of aryl methyl sites for hydroxylation is 1. The molecule has 84 valence electrons. The molecule has 0 aromatic carbocycles. The molecule has 6 nitrogen and oxygen atoms in total. The molecule has 0 aliphatic carbocycles. The van der Waals surface area contributed by atoms with Crippen molar-refractivity contribution in [2.75, 3.05) is 18.9 Å². The van der Waals surface area contributed by atoms with E-state index in [1.54, 1.807) is 0 Å². The van der Waals surface area contributed by atoms with Crippen molar-refractivity contribution in [3.05, 3.63) is 11.4 Å². The lowest BCUT2D eigenvalue weighted by atomic mass is 10.2. The van der Waals surface area contributed by atoms with Crippen LogP contribution in [-0.4, -0.2) is 34.4 Å². The number of hydrogen-bond donors (Lipinski definition) is 4. The highest BCUT2D eigenvalue weighted by Gasteiger charge is 2.15. The fourth-order valence-corrected chi connectivity index (χ4v) is 1.19. The zero-order valence-electron chi connectivity index (χ0n) is 8.71. The van der Waals surface area contributed by atoms with Gasteiger partial charge in [0.1, 0.15) is 0 Å². The molecule has 1 rings (SSSR count). The summed E-state index contributed by atoms with van der Waals surface area (Å²) in [5.74, 6) is -0.308. The number of nitrogens with zero attached hydrogens (tertiary/aromatic N) is 1. The maximum atomic E-state index is 11.5. The fourth-order valence-electron chi connectivity index (χ4n) is 1.19. The number of aliphatic hydroxyl groups is 1. The van der Waals surface area contributed by atoms with E-state index in [2.05, 4.69) is 15.5 Å². The Morgan fingerprint density at radius 1 is 1.67 bits per heavy atom. The van der Waals surface area contributed by atoms with E-state index in [0.29, 0.717) is 25.1 Å². The molecule has 0 saturated carbocycles. The number of amides is 1. The molecular weight excluding hydrogens is 196 g/mol. The van der Waals surface area contributed by atoms with E-state index in [1.807, 2.05) is 6.92 Å². The fraction of sp³-hybridized carbons (Fsp3) is 0.556. The summed E-state index contributed by atoms with van der Waals surface area (Å²) in [5, 5.41) is 17.7. The van der Waals surface area contributed by atoms with Gasteiger partial charge in [0, 0.05) is 13.2 Å². The van der Waals surface area contributed by atoms with Crippen LogP contribution in [0.15, 0.2) is 0 Å². The Kier molecular flexibility index (Phi) is 4.11. The van der Waals surface area contributed by atoms with E-state index < -0.39 is 0 Å². The Morgan fingerprint density at radius 2 is 2.40 bits per heavy atom. The molecule has 1 aromatic rings. The van der Waals surface area contributed by atoms with E-state index in [9.17, 15) is 4.79 Å². The zero-order chi connectivity index (χ0) is 11.3. The van der Waals surface area contributed by atoms with Gasteiger partial charge in [-0.05, 0) is 12.8 Å². The Labute approximate surface area is 87.9 Å². The minimum atomic E-state index is -0.308. The largest absolute Gasteiger partial charge is 0.396 e. The third-order valence-corrected chi connectivity index (χ3v) is 2.07. The van der Waals surface area contributed by atoms with Crippen molar-refractivity contribution in [3.8, 4) is 0 Å². The van der Waals surface area contributed by atoms with Crippen LogP contribution in [0.25, 0.3) is 0 Å². The number of aliphatic hydroxyl groups excluding tert-OH is 1. The van der Waals surface area contributed by atoms with Crippen LogP contribution in [0.5, 0.6) is 0 Å². The van der Waals surface area contributed by atoms with Crippen LogP contribution in [0.4, 0.5) is 5.69 Å². The van der Waals surface area contributed by atoms with Crippen molar-refractivity contribution >= 4 is 11.6 Å². The number of anilines is 1. The van der Waals surface area contributed by atoms with Gasteiger partial charge in [-0.3, -0.25) is 9.89 Å². The summed E-state index contributed by atoms with van der Waals surface area (Å²) in [5.41, 5.74) is 7.11. The lowest BCUT2D eigenvalue weighted by molar-refractivity contribution is 0.0947. The number of nitrogens with one attached hydrogen (secondary N) is 2. The zero-order valence-corrected chi connectivity index (χ0v) is 8.71. The van der Waals surface area contributed by atoms with Gasteiger partial charge in [-0.1, -0.05) is 6.92 Å². The summed E-state index contributed by atoms with van der Waals surface area (Å²) in [7, 11) is 0. The first-order valence-electron chi connectivity index (χ1n) is 4.92. The van der Waals surface area contributed by atoms with Crippen LogP contribution in [0.1, 0.15) is 29.5 Å². The number of hydrogen-bond acceptors (Lipinski definition) is 4. The second-order valence-corrected chi connectivity index (χ2v) is 3.15. The summed E-state index contributed by atoms with van der Waals surface area (Å²) in [6.07, 6.45) is 1.24. The van der Waals surface area contributed by atoms with Crippen LogP contribution in [0, 0.1) is 0 Å². The minimum Gasteiger partial charge on any atom is -0.396 e. The Bertz CT molecular complexity index is 335. The Morgan fingerprint density at radius 3 is 2.93 bits per heavy atom. The molecule has 5 N–H and O–H groups in total. The number of nitrogen functional groups attached to an aromatic ring is 1.